The SMILES string of the molecule is CC(=O)c1cc(NCC(C)C)ccc1N. The molecule has 0 amide bonds. The molecule has 0 saturated heterocycles. The molecule has 0 atom stereocenters. The maximum absolute atomic E-state index is 11.2. The minimum Gasteiger partial charge on any atom is -0.398 e. The Balaban J connectivity index is 2.83. The number of carbonyl (C=O) groups excluding carboxylic acids is 1. The molecule has 0 aliphatic carbocycles. The van der Waals surface area contributed by atoms with Crippen molar-refractivity contribution in [2.45, 2.75) is 20.8 Å². The largest absolute Gasteiger partial charge is 0.398 e. The highest BCUT2D eigenvalue weighted by molar-refractivity contribution is 5.99. The molecule has 0 aromatic heterocycles. The molecule has 0 aliphatic rings. The quantitative estimate of drug-likeness (QED) is 0.588. The topological polar surface area (TPSA) is 55.1 Å². The number of hydrogen-bond acceptors (Lipinski definition) is 3. The van der Waals surface area contributed by atoms with E-state index in [-0.39, 0.29) is 5.78 Å². The standard InChI is InChI=1S/C12H18N2O/c1-8(2)7-14-10-4-5-12(13)11(6-10)9(3)15/h4-6,8,14H,7,13H2,1-3H3. The van der Waals surface area contributed by atoms with Crippen molar-refractivity contribution >= 4 is 17.2 Å². The molecule has 0 unspecified atom stereocenters. The number of carbonyl (C=O) groups is 1. The van der Waals surface area contributed by atoms with Crippen LogP contribution in [-0.4, -0.2) is 12.3 Å². The molecule has 0 heterocycles. The summed E-state index contributed by atoms with van der Waals surface area (Å²) in [7, 11) is 0. The fourth-order valence-electron chi connectivity index (χ4n) is 1.29. The zero-order chi connectivity index (χ0) is 11.4. The van der Waals surface area contributed by atoms with Crippen molar-refractivity contribution in [1.82, 2.24) is 0 Å². The number of anilines is 2. The number of benzene rings is 1. The predicted molar refractivity (Wildman–Crippen MR) is 64.2 cm³/mol. The van der Waals surface area contributed by atoms with E-state index in [0.29, 0.717) is 17.2 Å². The molecule has 0 bridgehead atoms. The molecule has 0 radical (unpaired) electrons. The second-order valence-electron chi connectivity index (χ2n) is 4.13. The van der Waals surface area contributed by atoms with Crippen LogP contribution in [0.15, 0.2) is 18.2 Å². The van der Waals surface area contributed by atoms with Gasteiger partial charge in [0, 0.05) is 23.5 Å². The molecule has 1 rings (SSSR count). The van der Waals surface area contributed by atoms with Gasteiger partial charge in [0.05, 0.1) is 0 Å². The number of hydrogen-bond donors (Lipinski definition) is 2. The molecule has 3 nitrogen and oxygen atoms in total. The van der Waals surface area contributed by atoms with Crippen LogP contribution >= 0.6 is 0 Å². The lowest BCUT2D eigenvalue weighted by molar-refractivity contribution is 0.101. The summed E-state index contributed by atoms with van der Waals surface area (Å²) in [5, 5.41) is 3.26. The zero-order valence-corrected chi connectivity index (χ0v) is 9.50. The molecule has 1 aromatic rings. The Morgan fingerprint density at radius 1 is 1.47 bits per heavy atom. The van der Waals surface area contributed by atoms with E-state index in [1.165, 1.54) is 6.92 Å². The molecule has 3 N–H and O–H groups in total. The molecule has 0 spiro atoms. The van der Waals surface area contributed by atoms with Crippen molar-refractivity contribution in [2.75, 3.05) is 17.6 Å². The third kappa shape index (κ3) is 3.27. The normalized spacial score (nSPS) is 10.4. The lowest BCUT2D eigenvalue weighted by Crippen LogP contribution is -2.09. The van der Waals surface area contributed by atoms with E-state index in [2.05, 4.69) is 19.2 Å². The summed E-state index contributed by atoms with van der Waals surface area (Å²) in [6.45, 7) is 6.69. The Bertz CT molecular complexity index is 359. The third-order valence-corrected chi connectivity index (χ3v) is 2.15. The number of nitrogens with one attached hydrogen (secondary N) is 1. The first-order chi connectivity index (χ1) is 7.00. The van der Waals surface area contributed by atoms with Gasteiger partial charge in [0.15, 0.2) is 5.78 Å². The van der Waals surface area contributed by atoms with Crippen LogP contribution < -0.4 is 11.1 Å². The summed E-state index contributed by atoms with van der Waals surface area (Å²) in [5.41, 5.74) is 7.77. The molecule has 15 heavy (non-hydrogen) atoms. The van der Waals surface area contributed by atoms with Crippen LogP contribution in [0.25, 0.3) is 0 Å². The van der Waals surface area contributed by atoms with Crippen molar-refractivity contribution in [3.05, 3.63) is 23.8 Å². The minimum absolute atomic E-state index is 0.000645. The highest BCUT2D eigenvalue weighted by atomic mass is 16.1. The van der Waals surface area contributed by atoms with Gasteiger partial charge >= 0.3 is 0 Å². The van der Waals surface area contributed by atoms with Gasteiger partial charge in [0.2, 0.25) is 0 Å². The second-order valence-corrected chi connectivity index (χ2v) is 4.13. The Morgan fingerprint density at radius 2 is 2.13 bits per heavy atom. The molecule has 1 aromatic carbocycles. The number of rotatable bonds is 4. The average Bonchev–Trinajstić information content (AvgIpc) is 2.16. The van der Waals surface area contributed by atoms with E-state index in [9.17, 15) is 4.79 Å². The average molecular weight is 206 g/mol. The van der Waals surface area contributed by atoms with Crippen molar-refractivity contribution in [2.24, 2.45) is 5.92 Å². The summed E-state index contributed by atoms with van der Waals surface area (Å²) in [6.07, 6.45) is 0. The third-order valence-electron chi connectivity index (χ3n) is 2.15. The van der Waals surface area contributed by atoms with Gasteiger partial charge in [-0.05, 0) is 31.0 Å². The summed E-state index contributed by atoms with van der Waals surface area (Å²) < 4.78 is 0. The Morgan fingerprint density at radius 3 is 2.67 bits per heavy atom. The number of nitrogen functional groups attached to an aromatic ring is 1. The first-order valence-corrected chi connectivity index (χ1v) is 5.15. The Labute approximate surface area is 90.7 Å². The van der Waals surface area contributed by atoms with Gasteiger partial charge in [-0.3, -0.25) is 4.79 Å². The summed E-state index contributed by atoms with van der Waals surface area (Å²) >= 11 is 0. The van der Waals surface area contributed by atoms with Gasteiger partial charge in [-0.25, -0.2) is 0 Å². The minimum atomic E-state index is 0.000645. The molecular weight excluding hydrogens is 188 g/mol. The van der Waals surface area contributed by atoms with E-state index in [1.807, 2.05) is 6.07 Å². The maximum atomic E-state index is 11.2. The van der Waals surface area contributed by atoms with E-state index >= 15 is 0 Å². The van der Waals surface area contributed by atoms with Crippen LogP contribution in [0, 0.1) is 5.92 Å². The van der Waals surface area contributed by atoms with Crippen molar-refractivity contribution in [3.63, 3.8) is 0 Å². The molecule has 0 saturated carbocycles. The van der Waals surface area contributed by atoms with Crippen molar-refractivity contribution in [3.8, 4) is 0 Å². The van der Waals surface area contributed by atoms with E-state index < -0.39 is 0 Å². The van der Waals surface area contributed by atoms with E-state index in [4.69, 9.17) is 5.73 Å². The van der Waals surface area contributed by atoms with E-state index in [1.54, 1.807) is 12.1 Å². The lowest BCUT2D eigenvalue weighted by atomic mass is 10.1. The Kier molecular flexibility index (Phi) is 3.72. The maximum Gasteiger partial charge on any atom is 0.161 e. The van der Waals surface area contributed by atoms with Crippen LogP contribution in [-0.2, 0) is 0 Å². The van der Waals surface area contributed by atoms with Gasteiger partial charge in [-0.1, -0.05) is 13.8 Å². The van der Waals surface area contributed by atoms with Crippen LogP contribution in [0.4, 0.5) is 11.4 Å². The fourth-order valence-corrected chi connectivity index (χ4v) is 1.29. The van der Waals surface area contributed by atoms with Crippen LogP contribution in [0.3, 0.4) is 0 Å². The van der Waals surface area contributed by atoms with Crippen LogP contribution in [0.2, 0.25) is 0 Å². The molecule has 3 heteroatoms. The van der Waals surface area contributed by atoms with Crippen LogP contribution in [0.5, 0.6) is 0 Å². The molecule has 82 valence electrons. The highest BCUT2D eigenvalue weighted by Crippen LogP contribution is 2.18. The molecular formula is C12H18N2O. The van der Waals surface area contributed by atoms with Crippen LogP contribution in [0.1, 0.15) is 31.1 Å². The van der Waals surface area contributed by atoms with Gasteiger partial charge in [-0.2, -0.15) is 0 Å². The predicted octanol–water partition coefficient (Wildman–Crippen LogP) is 2.54. The van der Waals surface area contributed by atoms with Gasteiger partial charge in [0.1, 0.15) is 0 Å². The number of ketones is 1. The van der Waals surface area contributed by atoms with Gasteiger partial charge in [0.25, 0.3) is 0 Å². The lowest BCUT2D eigenvalue weighted by Gasteiger charge is -2.10. The smallest absolute Gasteiger partial charge is 0.161 e. The summed E-state index contributed by atoms with van der Waals surface area (Å²) in [6, 6.07) is 5.46. The highest BCUT2D eigenvalue weighted by Gasteiger charge is 2.05. The summed E-state index contributed by atoms with van der Waals surface area (Å²) in [5.74, 6) is 0.573. The second kappa shape index (κ2) is 4.82. The number of Topliss-reactive ketones (excluding diaryl/α,β-unsaturated/α-hetero) is 1. The molecule has 0 fully saturated rings. The Hall–Kier alpha value is -1.51. The zero-order valence-electron chi connectivity index (χ0n) is 9.50. The first kappa shape index (κ1) is 11.6. The first-order valence-electron chi connectivity index (χ1n) is 5.15. The fraction of sp³-hybridized carbons (Fsp3) is 0.417. The van der Waals surface area contributed by atoms with Gasteiger partial charge in [-0.15, -0.1) is 0 Å². The number of nitrogens with two attached hydrogens (primary N) is 1. The monoisotopic (exact) mass is 206 g/mol. The van der Waals surface area contributed by atoms with E-state index in [0.717, 1.165) is 12.2 Å². The summed E-state index contributed by atoms with van der Waals surface area (Å²) in [4.78, 5) is 11.2. The van der Waals surface area contributed by atoms with Gasteiger partial charge < -0.3 is 11.1 Å². The van der Waals surface area contributed by atoms with Crippen molar-refractivity contribution in [1.29, 1.82) is 0 Å². The molecule has 0 aliphatic heterocycles. The van der Waals surface area contributed by atoms with Crippen molar-refractivity contribution < 1.29 is 4.79 Å².